The lowest BCUT2D eigenvalue weighted by Gasteiger charge is -2.34. The summed E-state index contributed by atoms with van der Waals surface area (Å²) in [6, 6.07) is 8.25. The van der Waals surface area contributed by atoms with Gasteiger partial charge in [-0.05, 0) is 30.3 Å². The summed E-state index contributed by atoms with van der Waals surface area (Å²) in [5.74, 6) is 1.16. The van der Waals surface area contributed by atoms with E-state index in [0.29, 0.717) is 54.3 Å². The molecule has 29 heavy (non-hydrogen) atoms. The lowest BCUT2D eigenvalue weighted by atomic mass is 10.3. The number of rotatable bonds is 7. The Labute approximate surface area is 180 Å². The van der Waals surface area contributed by atoms with E-state index in [-0.39, 0.29) is 24.0 Å². The summed E-state index contributed by atoms with van der Waals surface area (Å²) in [4.78, 5) is 16.4. The molecule has 1 saturated heterocycles. The monoisotopic (exact) mass is 460 g/mol. The van der Waals surface area contributed by atoms with Crippen LogP contribution in [0.15, 0.2) is 34.7 Å². The van der Waals surface area contributed by atoms with Crippen molar-refractivity contribution in [3.05, 3.63) is 51.9 Å². The van der Waals surface area contributed by atoms with Crippen molar-refractivity contribution in [2.45, 2.75) is 6.61 Å². The van der Waals surface area contributed by atoms with E-state index in [1.807, 2.05) is 4.90 Å². The van der Waals surface area contributed by atoms with Crippen LogP contribution in [0, 0.1) is 0 Å². The average Bonchev–Trinajstić information content (AvgIpc) is 3.14. The van der Waals surface area contributed by atoms with Crippen LogP contribution < -0.4 is 4.74 Å². The largest absolute Gasteiger partial charge is 0.484 e. The fraction of sp³-hybridized carbons (Fsp3) is 0.421. The molecule has 158 valence electrons. The highest BCUT2D eigenvalue weighted by Gasteiger charge is 2.24. The number of sulfone groups is 1. The lowest BCUT2D eigenvalue weighted by Crippen LogP contribution is -2.49. The van der Waals surface area contributed by atoms with Crippen molar-refractivity contribution in [1.29, 1.82) is 0 Å². The van der Waals surface area contributed by atoms with Crippen molar-refractivity contribution in [2.75, 3.05) is 44.7 Å². The molecule has 1 aliphatic rings. The molecular weight excluding hydrogens is 439 g/mol. The second-order valence-electron chi connectivity index (χ2n) is 6.89. The van der Waals surface area contributed by atoms with Gasteiger partial charge in [0.15, 0.2) is 5.76 Å². The molecule has 2 aromatic rings. The Morgan fingerprint density at radius 1 is 1.14 bits per heavy atom. The maximum absolute atomic E-state index is 12.6. The van der Waals surface area contributed by atoms with E-state index >= 15 is 0 Å². The van der Waals surface area contributed by atoms with E-state index in [1.165, 1.54) is 6.26 Å². The second-order valence-corrected chi connectivity index (χ2v) is 10.00. The third-order valence-corrected chi connectivity index (χ3v) is 6.03. The smallest absolute Gasteiger partial charge is 0.289 e. The maximum atomic E-state index is 12.6. The molecule has 1 amide bonds. The Morgan fingerprint density at radius 2 is 1.86 bits per heavy atom. The highest BCUT2D eigenvalue weighted by Crippen LogP contribution is 2.28. The van der Waals surface area contributed by atoms with Crippen molar-refractivity contribution >= 4 is 38.9 Å². The zero-order valence-electron chi connectivity index (χ0n) is 15.9. The first-order chi connectivity index (χ1) is 13.7. The molecule has 1 aromatic carbocycles. The fourth-order valence-electron chi connectivity index (χ4n) is 2.94. The van der Waals surface area contributed by atoms with Gasteiger partial charge in [0, 0.05) is 44.0 Å². The minimum atomic E-state index is -2.99. The van der Waals surface area contributed by atoms with E-state index in [9.17, 15) is 13.2 Å². The van der Waals surface area contributed by atoms with Gasteiger partial charge in [-0.2, -0.15) is 0 Å². The maximum Gasteiger partial charge on any atom is 0.289 e. The number of halogens is 2. The topological polar surface area (TPSA) is 80.1 Å². The number of carbonyl (C=O) groups excluding carboxylic acids is 1. The minimum Gasteiger partial charge on any atom is -0.484 e. The van der Waals surface area contributed by atoms with Crippen LogP contribution in [0.25, 0.3) is 0 Å². The van der Waals surface area contributed by atoms with Gasteiger partial charge in [0.2, 0.25) is 0 Å². The molecule has 2 heterocycles. The third kappa shape index (κ3) is 6.37. The number of benzene rings is 1. The summed E-state index contributed by atoms with van der Waals surface area (Å²) in [5, 5.41) is 0.916. The number of hydrogen-bond donors (Lipinski definition) is 0. The van der Waals surface area contributed by atoms with E-state index in [0.717, 1.165) is 0 Å². The predicted octanol–water partition coefficient (Wildman–Crippen LogP) is 2.97. The molecule has 0 saturated carbocycles. The number of furan rings is 1. The van der Waals surface area contributed by atoms with Gasteiger partial charge < -0.3 is 14.1 Å². The highest BCUT2D eigenvalue weighted by atomic mass is 35.5. The first-order valence-electron chi connectivity index (χ1n) is 9.07. The van der Waals surface area contributed by atoms with Crippen LogP contribution >= 0.6 is 23.2 Å². The van der Waals surface area contributed by atoms with Crippen LogP contribution in [0.1, 0.15) is 16.3 Å². The number of carbonyl (C=O) groups is 1. The van der Waals surface area contributed by atoms with Crippen LogP contribution in [0.3, 0.4) is 0 Å². The number of nitrogens with zero attached hydrogens (tertiary/aromatic N) is 2. The summed E-state index contributed by atoms with van der Waals surface area (Å²) >= 11 is 11.9. The zero-order chi connectivity index (χ0) is 21.0. The summed E-state index contributed by atoms with van der Waals surface area (Å²) in [6.07, 6.45) is 1.23. The summed E-state index contributed by atoms with van der Waals surface area (Å²) in [6.45, 7) is 2.93. The summed E-state index contributed by atoms with van der Waals surface area (Å²) in [7, 11) is -2.99. The molecule has 0 bridgehead atoms. The molecule has 10 heteroatoms. The van der Waals surface area contributed by atoms with Crippen molar-refractivity contribution in [1.82, 2.24) is 9.80 Å². The Hall–Kier alpha value is -1.74. The van der Waals surface area contributed by atoms with Gasteiger partial charge in [0.25, 0.3) is 5.91 Å². The number of ether oxygens (including phenoxy) is 1. The standard InChI is InChI=1S/C19H22Cl2N2O5S/c1-29(25,26)11-10-22-6-8-23(9-7-22)19(24)18-5-3-15(28-18)13-27-17-4-2-14(20)12-16(17)21/h2-5,12H,6-11,13H2,1H3. The van der Waals surface area contributed by atoms with Gasteiger partial charge in [-0.1, -0.05) is 23.2 Å². The molecule has 0 unspecified atom stereocenters. The van der Waals surface area contributed by atoms with Crippen LogP contribution in [0.2, 0.25) is 10.0 Å². The predicted molar refractivity (Wildman–Crippen MR) is 112 cm³/mol. The molecule has 0 atom stereocenters. The van der Waals surface area contributed by atoms with E-state index in [4.69, 9.17) is 32.4 Å². The molecule has 0 N–H and O–H groups in total. The zero-order valence-corrected chi connectivity index (χ0v) is 18.3. The van der Waals surface area contributed by atoms with Crippen molar-refractivity contribution in [2.24, 2.45) is 0 Å². The molecule has 7 nitrogen and oxygen atoms in total. The van der Waals surface area contributed by atoms with Gasteiger partial charge >= 0.3 is 0 Å². The van der Waals surface area contributed by atoms with E-state index in [2.05, 4.69) is 0 Å². The normalized spacial score (nSPS) is 15.5. The molecular formula is C19H22Cl2N2O5S. The molecule has 0 aliphatic carbocycles. The lowest BCUT2D eigenvalue weighted by molar-refractivity contribution is 0.0609. The Morgan fingerprint density at radius 3 is 2.52 bits per heavy atom. The summed E-state index contributed by atoms with van der Waals surface area (Å²) < 4.78 is 33.8. The molecule has 1 fully saturated rings. The van der Waals surface area contributed by atoms with Gasteiger partial charge in [-0.3, -0.25) is 9.69 Å². The molecule has 0 radical (unpaired) electrons. The highest BCUT2D eigenvalue weighted by molar-refractivity contribution is 7.90. The number of piperazine rings is 1. The van der Waals surface area contributed by atoms with Crippen LogP contribution in [-0.4, -0.2) is 68.9 Å². The van der Waals surface area contributed by atoms with Crippen LogP contribution in [-0.2, 0) is 16.4 Å². The van der Waals surface area contributed by atoms with E-state index in [1.54, 1.807) is 35.2 Å². The molecule has 3 rings (SSSR count). The first-order valence-corrected chi connectivity index (χ1v) is 11.9. The SMILES string of the molecule is CS(=O)(=O)CCN1CCN(C(=O)c2ccc(COc3ccc(Cl)cc3Cl)o2)CC1. The van der Waals surface area contributed by atoms with Crippen LogP contribution in [0.5, 0.6) is 5.75 Å². The Kier molecular flexibility index (Phi) is 7.10. The van der Waals surface area contributed by atoms with Gasteiger partial charge in [0.05, 0.1) is 10.8 Å². The van der Waals surface area contributed by atoms with Gasteiger partial charge in [-0.15, -0.1) is 0 Å². The van der Waals surface area contributed by atoms with E-state index < -0.39 is 9.84 Å². The minimum absolute atomic E-state index is 0.125. The fourth-order valence-corrected chi connectivity index (χ4v) is 3.99. The van der Waals surface area contributed by atoms with Crippen molar-refractivity contribution in [3.8, 4) is 5.75 Å². The number of amides is 1. The number of hydrogen-bond acceptors (Lipinski definition) is 6. The average molecular weight is 461 g/mol. The molecule has 1 aliphatic heterocycles. The third-order valence-electron chi connectivity index (χ3n) is 4.57. The first kappa shape index (κ1) is 22.0. The second kappa shape index (κ2) is 9.38. The van der Waals surface area contributed by atoms with Gasteiger partial charge in [0.1, 0.15) is 28.0 Å². The van der Waals surface area contributed by atoms with Crippen molar-refractivity contribution in [3.63, 3.8) is 0 Å². The summed E-state index contributed by atoms with van der Waals surface area (Å²) in [5.41, 5.74) is 0. The quantitative estimate of drug-likeness (QED) is 0.631. The Bertz CT molecular complexity index is 969. The molecule has 0 spiro atoms. The molecule has 1 aromatic heterocycles. The van der Waals surface area contributed by atoms with Crippen LogP contribution in [0.4, 0.5) is 0 Å². The van der Waals surface area contributed by atoms with Crippen molar-refractivity contribution < 1.29 is 22.4 Å². The Balaban J connectivity index is 1.50. The van der Waals surface area contributed by atoms with Gasteiger partial charge in [-0.25, -0.2) is 8.42 Å².